The molecule has 4 saturated carbocycles. The normalized spacial score (nSPS) is 39.5. The van der Waals surface area contributed by atoms with Crippen molar-refractivity contribution in [1.29, 1.82) is 0 Å². The molecule has 4 aliphatic carbocycles. The number of carbonyl (C=O) groups is 4. The van der Waals surface area contributed by atoms with E-state index in [0.717, 1.165) is 38.5 Å². The van der Waals surface area contributed by atoms with Gasteiger partial charge in [-0.1, -0.05) is 20.8 Å². The summed E-state index contributed by atoms with van der Waals surface area (Å²) in [7, 11) is 0. The highest BCUT2D eigenvalue weighted by Gasteiger charge is 2.61. The monoisotopic (exact) mass is 534 g/mol. The third-order valence-electron chi connectivity index (χ3n) is 11.0. The molecule has 4 rings (SSSR count). The van der Waals surface area contributed by atoms with Crippen molar-refractivity contribution in [3.05, 3.63) is 0 Å². The Morgan fingerprint density at radius 3 is 2.24 bits per heavy atom. The Hall–Kier alpha value is -2.12. The molecule has 0 amide bonds. The van der Waals surface area contributed by atoms with E-state index in [1.807, 2.05) is 0 Å². The number of hydrogen-bond donors (Lipinski definition) is 1. The molecular formula is C30H46O8. The number of carbonyl (C=O) groups excluding carboxylic acids is 3. The molecule has 1 N–H and O–H groups in total. The lowest BCUT2D eigenvalue weighted by molar-refractivity contribution is -0.172. The Morgan fingerprint density at radius 1 is 0.868 bits per heavy atom. The molecule has 0 aliphatic heterocycles. The molecule has 214 valence electrons. The maximum absolute atomic E-state index is 12.4. The number of carboxylic acid groups (broad SMARTS) is 1. The van der Waals surface area contributed by atoms with Gasteiger partial charge in [-0.25, -0.2) is 4.79 Å². The molecule has 4 aliphatic rings. The van der Waals surface area contributed by atoms with E-state index in [2.05, 4.69) is 13.8 Å². The number of aliphatic carboxylic acids is 1. The second-order valence-electron chi connectivity index (χ2n) is 13.3. The number of Topliss-reactive ketones (excluding diaryl/α,β-unsaturated/α-hetero) is 1. The third kappa shape index (κ3) is 5.74. The first-order valence-corrected chi connectivity index (χ1v) is 14.6. The summed E-state index contributed by atoms with van der Waals surface area (Å²) in [6.07, 6.45) is 7.20. The van der Waals surface area contributed by atoms with Crippen molar-refractivity contribution >= 4 is 23.9 Å². The van der Waals surface area contributed by atoms with E-state index in [1.165, 1.54) is 26.2 Å². The van der Waals surface area contributed by atoms with Crippen LogP contribution in [-0.4, -0.2) is 41.4 Å². The van der Waals surface area contributed by atoms with Gasteiger partial charge in [-0.05, 0) is 105 Å². The van der Waals surface area contributed by atoms with Gasteiger partial charge in [-0.15, -0.1) is 0 Å². The zero-order valence-corrected chi connectivity index (χ0v) is 23.7. The SMILES string of the molecule is CC(=O)[C@H]1CC[C@H]2[C@@H]3CC[C@H]4C[C@H](OC(=O)OC(C)OC(=O)CC(C)CC(=O)O)CC[C@]4(C)[C@H]3CC[C@]12C. The Bertz CT molecular complexity index is 931. The van der Waals surface area contributed by atoms with Crippen LogP contribution in [0, 0.1) is 46.3 Å². The molecule has 2 unspecified atom stereocenters. The topological polar surface area (TPSA) is 116 Å². The van der Waals surface area contributed by atoms with Gasteiger partial charge in [0.2, 0.25) is 6.29 Å². The molecule has 0 bridgehead atoms. The smallest absolute Gasteiger partial charge is 0.481 e. The van der Waals surface area contributed by atoms with E-state index < -0.39 is 24.4 Å². The van der Waals surface area contributed by atoms with Crippen molar-refractivity contribution < 1.29 is 38.5 Å². The average molecular weight is 535 g/mol. The molecule has 0 aromatic carbocycles. The van der Waals surface area contributed by atoms with E-state index in [-0.39, 0.29) is 41.6 Å². The summed E-state index contributed by atoms with van der Waals surface area (Å²) < 4.78 is 16.0. The van der Waals surface area contributed by atoms with Gasteiger partial charge in [0.05, 0.1) is 0 Å². The van der Waals surface area contributed by atoms with Crippen molar-refractivity contribution in [3.63, 3.8) is 0 Å². The predicted molar refractivity (Wildman–Crippen MR) is 139 cm³/mol. The molecule has 0 heterocycles. The number of ether oxygens (including phenoxy) is 3. The van der Waals surface area contributed by atoms with Crippen LogP contribution in [-0.2, 0) is 28.6 Å². The van der Waals surface area contributed by atoms with Crippen LogP contribution in [0.3, 0.4) is 0 Å². The van der Waals surface area contributed by atoms with E-state index in [9.17, 15) is 19.2 Å². The van der Waals surface area contributed by atoms with Gasteiger partial charge >= 0.3 is 18.1 Å². The Morgan fingerprint density at radius 2 is 1.55 bits per heavy atom. The molecule has 38 heavy (non-hydrogen) atoms. The van der Waals surface area contributed by atoms with Crippen LogP contribution in [0.15, 0.2) is 0 Å². The number of ketones is 1. The van der Waals surface area contributed by atoms with E-state index in [4.69, 9.17) is 19.3 Å². The summed E-state index contributed by atoms with van der Waals surface area (Å²) in [4.78, 5) is 47.6. The van der Waals surface area contributed by atoms with Crippen LogP contribution in [0.25, 0.3) is 0 Å². The van der Waals surface area contributed by atoms with Crippen LogP contribution < -0.4 is 0 Å². The van der Waals surface area contributed by atoms with Gasteiger partial charge in [0.25, 0.3) is 0 Å². The number of hydrogen-bond acceptors (Lipinski definition) is 7. The lowest BCUT2D eigenvalue weighted by Gasteiger charge is -2.61. The van der Waals surface area contributed by atoms with Gasteiger partial charge in [0.1, 0.15) is 11.9 Å². The van der Waals surface area contributed by atoms with E-state index in [1.54, 1.807) is 13.8 Å². The Kier molecular flexibility index (Phi) is 8.49. The molecule has 0 radical (unpaired) electrons. The Balaban J connectivity index is 1.27. The Labute approximate surface area is 226 Å². The average Bonchev–Trinajstić information content (AvgIpc) is 3.15. The fourth-order valence-corrected chi connectivity index (χ4v) is 9.20. The summed E-state index contributed by atoms with van der Waals surface area (Å²) >= 11 is 0. The van der Waals surface area contributed by atoms with Crippen molar-refractivity contribution in [2.24, 2.45) is 46.3 Å². The summed E-state index contributed by atoms with van der Waals surface area (Å²) in [5.74, 6) is 1.15. The maximum atomic E-state index is 12.4. The fourth-order valence-electron chi connectivity index (χ4n) is 9.20. The highest BCUT2D eigenvalue weighted by Crippen LogP contribution is 2.67. The molecule has 0 aromatic rings. The highest BCUT2D eigenvalue weighted by molar-refractivity contribution is 5.79. The van der Waals surface area contributed by atoms with Crippen LogP contribution in [0.5, 0.6) is 0 Å². The second kappa shape index (κ2) is 11.2. The first-order chi connectivity index (χ1) is 17.8. The molecule has 0 spiro atoms. The standard InChI is InChI=1S/C30H46O8/c1-17(14-26(32)33)15-27(34)36-19(3)37-28(35)38-21-10-12-29(4)20(16-21)6-7-22-24-9-8-23(18(2)31)30(24,5)13-11-25(22)29/h17,19-25H,6-16H2,1-5H3,(H,32,33)/t17?,19?,20-,21+,22-,23+,24-,25-,29-,30+/m0/s1. The zero-order valence-electron chi connectivity index (χ0n) is 23.7. The van der Waals surface area contributed by atoms with Crippen molar-refractivity contribution in [3.8, 4) is 0 Å². The molecule has 8 heteroatoms. The van der Waals surface area contributed by atoms with E-state index in [0.29, 0.717) is 29.5 Å². The molecule has 10 atom stereocenters. The number of rotatable bonds is 8. The van der Waals surface area contributed by atoms with Gasteiger partial charge < -0.3 is 19.3 Å². The van der Waals surface area contributed by atoms with Crippen molar-refractivity contribution in [1.82, 2.24) is 0 Å². The van der Waals surface area contributed by atoms with Crippen LogP contribution >= 0.6 is 0 Å². The van der Waals surface area contributed by atoms with Gasteiger partial charge in [0, 0.05) is 25.7 Å². The number of carboxylic acids is 1. The van der Waals surface area contributed by atoms with Crippen LogP contribution in [0.1, 0.15) is 105 Å². The highest BCUT2D eigenvalue weighted by atomic mass is 16.8. The summed E-state index contributed by atoms with van der Waals surface area (Å²) in [5.41, 5.74) is 0.395. The minimum atomic E-state index is -1.10. The first-order valence-electron chi connectivity index (χ1n) is 14.6. The van der Waals surface area contributed by atoms with E-state index >= 15 is 0 Å². The summed E-state index contributed by atoms with van der Waals surface area (Å²) in [6.45, 7) is 9.73. The third-order valence-corrected chi connectivity index (χ3v) is 11.0. The minimum Gasteiger partial charge on any atom is -0.481 e. The molecule has 0 aromatic heterocycles. The van der Waals surface area contributed by atoms with Crippen molar-refractivity contribution in [2.75, 3.05) is 0 Å². The second-order valence-corrected chi connectivity index (χ2v) is 13.3. The minimum absolute atomic E-state index is 0.0600. The maximum Gasteiger partial charge on any atom is 0.511 e. The summed E-state index contributed by atoms with van der Waals surface area (Å²) in [5, 5.41) is 8.82. The molecular weight excluding hydrogens is 488 g/mol. The van der Waals surface area contributed by atoms with Crippen molar-refractivity contribution in [2.45, 2.75) is 118 Å². The largest absolute Gasteiger partial charge is 0.511 e. The van der Waals surface area contributed by atoms with Crippen LogP contribution in [0.4, 0.5) is 4.79 Å². The predicted octanol–water partition coefficient (Wildman–Crippen LogP) is 6.15. The lowest BCUT2D eigenvalue weighted by atomic mass is 9.44. The lowest BCUT2D eigenvalue weighted by Crippen LogP contribution is -2.54. The summed E-state index contributed by atoms with van der Waals surface area (Å²) in [6, 6.07) is 0. The quantitative estimate of drug-likeness (QED) is 0.291. The van der Waals surface area contributed by atoms with Gasteiger partial charge in [-0.3, -0.25) is 14.4 Å². The van der Waals surface area contributed by atoms with Gasteiger partial charge in [-0.2, -0.15) is 0 Å². The fraction of sp³-hybridized carbons (Fsp3) is 0.867. The molecule has 0 saturated heterocycles. The van der Waals surface area contributed by atoms with Gasteiger partial charge in [0.15, 0.2) is 0 Å². The van der Waals surface area contributed by atoms with Crippen LogP contribution in [0.2, 0.25) is 0 Å². The zero-order chi connectivity index (χ0) is 27.8. The molecule has 8 nitrogen and oxygen atoms in total. The number of esters is 1. The number of fused-ring (bicyclic) bond motifs is 5. The molecule has 4 fully saturated rings. The first kappa shape index (κ1) is 28.9.